The number of sulfonamides is 1. The van der Waals surface area contributed by atoms with Crippen molar-refractivity contribution in [1.29, 1.82) is 0 Å². The number of fused-ring (bicyclic) bond motifs is 2. The van der Waals surface area contributed by atoms with Gasteiger partial charge in [0.15, 0.2) is 5.13 Å². The van der Waals surface area contributed by atoms with Gasteiger partial charge in [0, 0.05) is 54.5 Å². The monoisotopic (exact) mass is 580 g/mol. The first-order valence-electron chi connectivity index (χ1n) is 14.2. The highest BCUT2D eigenvalue weighted by molar-refractivity contribution is 7.88. The van der Waals surface area contributed by atoms with E-state index in [0.717, 1.165) is 47.2 Å². The average molecular weight is 581 g/mol. The molecule has 0 aromatic carbocycles. The van der Waals surface area contributed by atoms with Crippen LogP contribution < -0.4 is 5.32 Å². The molecule has 0 aliphatic carbocycles. The third kappa shape index (κ3) is 6.23. The van der Waals surface area contributed by atoms with Crippen LogP contribution in [0.15, 0.2) is 12.1 Å². The summed E-state index contributed by atoms with van der Waals surface area (Å²) in [6.45, 7) is 7.94. The number of aryl methyl sites for hydroxylation is 1. The zero-order valence-electron chi connectivity index (χ0n) is 23.3. The Morgan fingerprint density at radius 3 is 2.33 bits per heavy atom. The summed E-state index contributed by atoms with van der Waals surface area (Å²) in [7, 11) is -3.24. The molecule has 3 atom stereocenters. The number of hydrogen-bond acceptors (Lipinski definition) is 7. The minimum Gasteiger partial charge on any atom is -0.348 e. The molecule has 0 spiro atoms. The number of carbonyl (C=O) groups is 1. The Balaban J connectivity index is 1.23. The van der Waals surface area contributed by atoms with Crippen LogP contribution in [0.1, 0.15) is 93.3 Å². The highest BCUT2D eigenvalue weighted by atomic mass is 32.2. The van der Waals surface area contributed by atoms with E-state index in [1.54, 1.807) is 6.07 Å². The summed E-state index contributed by atoms with van der Waals surface area (Å²) < 4.78 is 41.5. The van der Waals surface area contributed by atoms with E-state index in [1.807, 2.05) is 6.92 Å². The van der Waals surface area contributed by atoms with E-state index in [2.05, 4.69) is 38.8 Å². The summed E-state index contributed by atoms with van der Waals surface area (Å²) >= 11 is 1.09. The van der Waals surface area contributed by atoms with E-state index in [1.165, 1.54) is 29.5 Å². The normalized spacial score (nSPS) is 25.8. The molecule has 3 aliphatic heterocycles. The molecule has 2 aromatic heterocycles. The predicted molar refractivity (Wildman–Crippen MR) is 150 cm³/mol. The molecule has 5 rings (SSSR count). The van der Waals surface area contributed by atoms with Crippen molar-refractivity contribution >= 4 is 27.3 Å². The van der Waals surface area contributed by atoms with Crippen LogP contribution in [0.4, 0.5) is 4.39 Å². The lowest BCUT2D eigenvalue weighted by atomic mass is 9.95. The Morgan fingerprint density at radius 1 is 1.10 bits per heavy atom. The first kappa shape index (κ1) is 28.6. The zero-order valence-corrected chi connectivity index (χ0v) is 25.0. The van der Waals surface area contributed by atoms with Gasteiger partial charge in [-0.2, -0.15) is 4.39 Å². The summed E-state index contributed by atoms with van der Waals surface area (Å²) in [5.74, 6) is 2.09. The number of carbonyl (C=O) groups excluding carboxylic acids is 1. The largest absolute Gasteiger partial charge is 0.348 e. The van der Waals surface area contributed by atoms with Crippen LogP contribution in [0.25, 0.3) is 0 Å². The number of amides is 1. The minimum atomic E-state index is -3.24. The van der Waals surface area contributed by atoms with Gasteiger partial charge in [-0.1, -0.05) is 13.8 Å². The van der Waals surface area contributed by atoms with Crippen molar-refractivity contribution in [2.75, 3.05) is 25.9 Å². The number of nitrogens with one attached hydrogen (secondary N) is 1. The van der Waals surface area contributed by atoms with Gasteiger partial charge in [-0.15, -0.1) is 21.5 Å². The van der Waals surface area contributed by atoms with Crippen LogP contribution >= 0.6 is 11.3 Å². The molecule has 3 saturated heterocycles. The van der Waals surface area contributed by atoms with Gasteiger partial charge >= 0.3 is 0 Å². The Hall–Kier alpha value is -1.89. The van der Waals surface area contributed by atoms with E-state index < -0.39 is 10.0 Å². The molecule has 0 saturated carbocycles. The van der Waals surface area contributed by atoms with Crippen molar-refractivity contribution in [3.8, 4) is 0 Å². The molecule has 0 unspecified atom stereocenters. The maximum atomic E-state index is 14.0. The lowest BCUT2D eigenvalue weighted by molar-refractivity contribution is -0.127. The van der Waals surface area contributed by atoms with Gasteiger partial charge in [-0.25, -0.2) is 12.7 Å². The van der Waals surface area contributed by atoms with Gasteiger partial charge in [0.1, 0.15) is 11.6 Å². The summed E-state index contributed by atoms with van der Waals surface area (Å²) in [5, 5.41) is 11.8. The summed E-state index contributed by atoms with van der Waals surface area (Å²) in [6, 6.07) is 4.35. The van der Waals surface area contributed by atoms with Crippen LogP contribution in [0.2, 0.25) is 0 Å². The van der Waals surface area contributed by atoms with Crippen LogP contribution in [0.3, 0.4) is 0 Å². The Morgan fingerprint density at radius 2 is 1.77 bits per heavy atom. The third-order valence-corrected chi connectivity index (χ3v) is 11.1. The topological polar surface area (TPSA) is 100 Å². The molecule has 9 nitrogen and oxygen atoms in total. The maximum absolute atomic E-state index is 14.0. The molecule has 3 aliphatic rings. The van der Waals surface area contributed by atoms with E-state index in [0.29, 0.717) is 56.4 Å². The first-order chi connectivity index (χ1) is 18.5. The van der Waals surface area contributed by atoms with Gasteiger partial charge in [0.2, 0.25) is 15.9 Å². The third-order valence-electron chi connectivity index (χ3n) is 8.86. The van der Waals surface area contributed by atoms with E-state index >= 15 is 0 Å². The summed E-state index contributed by atoms with van der Waals surface area (Å²) in [5.41, 5.74) is 0. The van der Waals surface area contributed by atoms with Crippen molar-refractivity contribution in [2.45, 2.75) is 95.8 Å². The van der Waals surface area contributed by atoms with Crippen molar-refractivity contribution in [2.24, 2.45) is 5.92 Å². The molecule has 1 amide bonds. The van der Waals surface area contributed by atoms with Crippen LogP contribution in [-0.2, 0) is 14.8 Å². The van der Waals surface area contributed by atoms with Crippen molar-refractivity contribution < 1.29 is 17.6 Å². The SMILES string of the molecule is Cc1nnc(C(C)C)n1C1C[C@@H]2CC[C@@H](C1)N2CC[C@H](NC(=O)C1CCN(S(C)(=O)=O)CC1)c1ccc(F)s1. The van der Waals surface area contributed by atoms with Crippen LogP contribution in [-0.4, -0.2) is 76.3 Å². The van der Waals surface area contributed by atoms with Crippen molar-refractivity contribution in [3.63, 3.8) is 0 Å². The second kappa shape index (κ2) is 11.5. The fourth-order valence-corrected chi connectivity index (χ4v) is 8.56. The first-order valence-corrected chi connectivity index (χ1v) is 16.9. The molecule has 3 fully saturated rings. The highest BCUT2D eigenvalue weighted by Crippen LogP contribution is 2.42. The molecule has 2 aromatic rings. The lowest BCUT2D eigenvalue weighted by Crippen LogP contribution is -2.46. The molecule has 2 bridgehead atoms. The summed E-state index contributed by atoms with van der Waals surface area (Å²) in [6.07, 6.45) is 7.41. The van der Waals surface area contributed by atoms with Crippen LogP contribution in [0.5, 0.6) is 0 Å². The second-order valence-corrected chi connectivity index (χ2v) is 14.9. The molecule has 0 radical (unpaired) electrons. The van der Waals surface area contributed by atoms with Gasteiger partial charge in [0.05, 0.1) is 12.3 Å². The van der Waals surface area contributed by atoms with Crippen molar-refractivity contribution in [1.82, 2.24) is 29.3 Å². The van der Waals surface area contributed by atoms with E-state index in [4.69, 9.17) is 0 Å². The Kier molecular flexibility index (Phi) is 8.47. The molecule has 5 heterocycles. The number of hydrogen-bond donors (Lipinski definition) is 1. The second-order valence-electron chi connectivity index (χ2n) is 11.8. The number of rotatable bonds is 9. The predicted octanol–water partition coefficient (Wildman–Crippen LogP) is 4.00. The van der Waals surface area contributed by atoms with Gasteiger partial charge < -0.3 is 9.88 Å². The molecular formula is C27H41FN6O3S2. The Labute approximate surface area is 235 Å². The van der Waals surface area contributed by atoms with E-state index in [-0.39, 0.29) is 23.0 Å². The lowest BCUT2D eigenvalue weighted by Gasteiger charge is -2.40. The minimum absolute atomic E-state index is 0.0621. The fourth-order valence-electron chi connectivity index (χ4n) is 6.87. The summed E-state index contributed by atoms with van der Waals surface area (Å²) in [4.78, 5) is 16.7. The van der Waals surface area contributed by atoms with Crippen molar-refractivity contribution in [3.05, 3.63) is 33.8 Å². The number of aromatic nitrogens is 3. The van der Waals surface area contributed by atoms with Gasteiger partial charge in [-0.3, -0.25) is 9.69 Å². The molecule has 216 valence electrons. The average Bonchev–Trinajstić information content (AvgIpc) is 3.56. The molecule has 39 heavy (non-hydrogen) atoms. The number of nitrogens with zero attached hydrogens (tertiary/aromatic N) is 5. The highest BCUT2D eigenvalue weighted by Gasteiger charge is 2.42. The van der Waals surface area contributed by atoms with E-state index in [9.17, 15) is 17.6 Å². The molecule has 12 heteroatoms. The standard InChI is InChI=1S/C27H41FN6O3S2/c1-17(2)26-31-30-18(3)34(26)22-15-20-5-6-21(16-22)33(20)14-11-23(24-7-8-25(28)38-24)29-27(35)19-9-12-32(13-10-19)39(4,36)37/h7-8,17,19-23H,5-6,9-16H2,1-4H3,(H,29,35)/t20-,21-,23-/m0/s1. The quantitative estimate of drug-likeness (QED) is 0.481. The number of piperidine rings is 2. The molecular weight excluding hydrogens is 539 g/mol. The number of halogens is 1. The van der Waals surface area contributed by atoms with Crippen LogP contribution in [0, 0.1) is 18.0 Å². The Bertz CT molecular complexity index is 1260. The van der Waals surface area contributed by atoms with Gasteiger partial charge in [-0.05, 0) is 64.0 Å². The maximum Gasteiger partial charge on any atom is 0.223 e. The zero-order chi connectivity index (χ0) is 27.9. The number of thiophene rings is 1. The molecule has 1 N–H and O–H groups in total. The fraction of sp³-hybridized carbons (Fsp3) is 0.741. The van der Waals surface area contributed by atoms with Gasteiger partial charge in [0.25, 0.3) is 0 Å². The smallest absolute Gasteiger partial charge is 0.223 e.